The maximum Gasteiger partial charge on any atom is 0.263 e. The van der Waals surface area contributed by atoms with Gasteiger partial charge in [0.2, 0.25) is 0 Å². The fourth-order valence-electron chi connectivity index (χ4n) is 2.86. The van der Waals surface area contributed by atoms with E-state index < -0.39 is 0 Å². The molecule has 0 unspecified atom stereocenters. The first-order valence-electron chi connectivity index (χ1n) is 8.93. The van der Waals surface area contributed by atoms with Gasteiger partial charge in [0.25, 0.3) is 5.91 Å². The molecular formula is C21H23N3O5. The topological polar surface area (TPSA) is 83.8 Å². The zero-order valence-corrected chi connectivity index (χ0v) is 16.5. The molecule has 0 radical (unpaired) electrons. The molecule has 3 aromatic rings. The normalized spacial score (nSPS) is 10.3. The van der Waals surface area contributed by atoms with Gasteiger partial charge in [0, 0.05) is 11.6 Å². The fraction of sp³-hybridized carbons (Fsp3) is 0.238. The Balaban J connectivity index is 1.67. The number of hydrogen-bond donors (Lipinski definition) is 1. The molecule has 0 aliphatic heterocycles. The maximum absolute atomic E-state index is 12.3. The second-order valence-electron chi connectivity index (χ2n) is 6.01. The van der Waals surface area contributed by atoms with Crippen molar-refractivity contribution in [3.63, 3.8) is 0 Å². The molecule has 3 rings (SSSR count). The second kappa shape index (κ2) is 9.50. The zero-order chi connectivity index (χ0) is 20.6. The van der Waals surface area contributed by atoms with Crippen molar-refractivity contribution < 1.29 is 23.7 Å². The van der Waals surface area contributed by atoms with Crippen LogP contribution >= 0.6 is 0 Å². The number of methoxy groups -OCH3 is 3. The smallest absolute Gasteiger partial charge is 0.263 e. The van der Waals surface area contributed by atoms with Gasteiger partial charge in [0.05, 0.1) is 34.1 Å². The maximum atomic E-state index is 12.3. The van der Waals surface area contributed by atoms with E-state index in [1.165, 1.54) is 0 Å². The van der Waals surface area contributed by atoms with Crippen LogP contribution in [-0.4, -0.2) is 43.6 Å². The Kier molecular flexibility index (Phi) is 6.57. The second-order valence-corrected chi connectivity index (χ2v) is 6.01. The molecule has 0 atom stereocenters. The molecular weight excluding hydrogens is 374 g/mol. The molecule has 0 aliphatic rings. The summed E-state index contributed by atoms with van der Waals surface area (Å²) in [5.41, 5.74) is 0.872. The molecule has 0 bridgehead atoms. The van der Waals surface area contributed by atoms with E-state index >= 15 is 0 Å². The standard InChI is InChI=1S/C21H23N3O5/c1-26-16-8-4-5-9-17(16)29-14-20(25)23-19-11-12-22-24(19)13-15-7-6-10-18(27-2)21(15)28-3/h4-12H,13-14H2,1-3H3,(H,23,25). The molecule has 152 valence electrons. The lowest BCUT2D eigenvalue weighted by molar-refractivity contribution is -0.118. The van der Waals surface area contributed by atoms with Crippen LogP contribution in [0.4, 0.5) is 5.82 Å². The van der Waals surface area contributed by atoms with E-state index in [1.807, 2.05) is 30.3 Å². The minimum absolute atomic E-state index is 0.159. The predicted octanol–water partition coefficient (Wildman–Crippen LogP) is 2.97. The Labute approximate surface area is 169 Å². The first-order chi connectivity index (χ1) is 14.2. The molecule has 8 nitrogen and oxygen atoms in total. The van der Waals surface area contributed by atoms with Gasteiger partial charge in [0.1, 0.15) is 5.82 Å². The average molecular weight is 397 g/mol. The summed E-state index contributed by atoms with van der Waals surface area (Å²) in [6, 6.07) is 14.5. The number of anilines is 1. The highest BCUT2D eigenvalue weighted by Crippen LogP contribution is 2.31. The van der Waals surface area contributed by atoms with Crippen molar-refractivity contribution in [2.75, 3.05) is 33.3 Å². The van der Waals surface area contributed by atoms with Crippen molar-refractivity contribution in [3.8, 4) is 23.0 Å². The van der Waals surface area contributed by atoms with Crippen LogP contribution in [-0.2, 0) is 11.3 Å². The number of carbonyl (C=O) groups is 1. The van der Waals surface area contributed by atoms with Crippen LogP contribution in [0.15, 0.2) is 54.7 Å². The summed E-state index contributed by atoms with van der Waals surface area (Å²) in [5, 5.41) is 7.09. The Morgan fingerprint density at radius 1 is 0.931 bits per heavy atom. The van der Waals surface area contributed by atoms with Crippen LogP contribution in [0, 0.1) is 0 Å². The number of amides is 1. The number of para-hydroxylation sites is 3. The Hall–Kier alpha value is -3.68. The highest BCUT2D eigenvalue weighted by atomic mass is 16.5. The van der Waals surface area contributed by atoms with E-state index in [2.05, 4.69) is 10.4 Å². The van der Waals surface area contributed by atoms with Crippen LogP contribution in [0.3, 0.4) is 0 Å². The van der Waals surface area contributed by atoms with E-state index in [-0.39, 0.29) is 12.5 Å². The van der Waals surface area contributed by atoms with Crippen molar-refractivity contribution in [2.24, 2.45) is 0 Å². The molecule has 2 aromatic carbocycles. The summed E-state index contributed by atoms with van der Waals surface area (Å²) in [6.45, 7) is 0.240. The Morgan fingerprint density at radius 3 is 2.38 bits per heavy atom. The van der Waals surface area contributed by atoms with Crippen LogP contribution in [0.1, 0.15) is 5.56 Å². The SMILES string of the molecule is COc1ccccc1OCC(=O)Nc1ccnn1Cc1cccc(OC)c1OC. The van der Waals surface area contributed by atoms with Gasteiger partial charge < -0.3 is 24.3 Å². The quantitative estimate of drug-likeness (QED) is 0.598. The van der Waals surface area contributed by atoms with Crippen molar-refractivity contribution >= 4 is 11.7 Å². The number of ether oxygens (including phenoxy) is 4. The first-order valence-corrected chi connectivity index (χ1v) is 8.93. The number of carbonyl (C=O) groups excluding carboxylic acids is 1. The number of benzene rings is 2. The molecule has 29 heavy (non-hydrogen) atoms. The van der Waals surface area contributed by atoms with Crippen molar-refractivity contribution in [3.05, 3.63) is 60.3 Å². The number of aromatic nitrogens is 2. The van der Waals surface area contributed by atoms with Gasteiger partial charge >= 0.3 is 0 Å². The van der Waals surface area contributed by atoms with Crippen LogP contribution < -0.4 is 24.3 Å². The zero-order valence-electron chi connectivity index (χ0n) is 16.5. The van der Waals surface area contributed by atoms with E-state index in [0.717, 1.165) is 5.56 Å². The lowest BCUT2D eigenvalue weighted by Gasteiger charge is -2.14. The van der Waals surface area contributed by atoms with Crippen molar-refractivity contribution in [2.45, 2.75) is 6.54 Å². The van der Waals surface area contributed by atoms with E-state index in [4.69, 9.17) is 18.9 Å². The summed E-state index contributed by atoms with van der Waals surface area (Å²) in [4.78, 5) is 12.3. The molecule has 8 heteroatoms. The number of hydrogen-bond acceptors (Lipinski definition) is 6. The minimum Gasteiger partial charge on any atom is -0.493 e. The molecule has 1 heterocycles. The van der Waals surface area contributed by atoms with Gasteiger partial charge in [-0.15, -0.1) is 0 Å². The number of nitrogens with zero attached hydrogens (tertiary/aromatic N) is 2. The molecule has 1 amide bonds. The third-order valence-corrected chi connectivity index (χ3v) is 4.22. The summed E-state index contributed by atoms with van der Waals surface area (Å²) in [7, 11) is 4.72. The third kappa shape index (κ3) is 4.78. The first kappa shape index (κ1) is 20.1. The Morgan fingerprint density at radius 2 is 1.66 bits per heavy atom. The Bertz CT molecular complexity index is 970. The molecule has 0 saturated heterocycles. The van der Waals surface area contributed by atoms with E-state index in [0.29, 0.717) is 35.4 Å². The van der Waals surface area contributed by atoms with Gasteiger partial charge in [-0.05, 0) is 18.2 Å². The average Bonchev–Trinajstić information content (AvgIpc) is 3.18. The summed E-state index contributed by atoms with van der Waals surface area (Å²) >= 11 is 0. The molecule has 1 N–H and O–H groups in total. The molecule has 1 aromatic heterocycles. The minimum atomic E-state index is -0.310. The lowest BCUT2D eigenvalue weighted by Crippen LogP contribution is -2.22. The number of nitrogens with one attached hydrogen (secondary N) is 1. The summed E-state index contributed by atoms with van der Waals surface area (Å²) in [5.74, 6) is 2.56. The molecule has 0 saturated carbocycles. The van der Waals surface area contributed by atoms with Crippen molar-refractivity contribution in [1.82, 2.24) is 9.78 Å². The highest BCUT2D eigenvalue weighted by molar-refractivity contribution is 5.91. The lowest BCUT2D eigenvalue weighted by atomic mass is 10.2. The van der Waals surface area contributed by atoms with Crippen LogP contribution in [0.5, 0.6) is 23.0 Å². The molecule has 0 aliphatic carbocycles. The van der Waals surface area contributed by atoms with Crippen LogP contribution in [0.25, 0.3) is 0 Å². The molecule has 0 fully saturated rings. The van der Waals surface area contributed by atoms with Gasteiger partial charge in [0.15, 0.2) is 29.6 Å². The summed E-state index contributed by atoms with van der Waals surface area (Å²) in [6.07, 6.45) is 1.61. The monoisotopic (exact) mass is 397 g/mol. The summed E-state index contributed by atoms with van der Waals surface area (Å²) < 4.78 is 23.2. The van der Waals surface area contributed by atoms with Gasteiger partial charge in [-0.25, -0.2) is 4.68 Å². The molecule has 0 spiro atoms. The van der Waals surface area contributed by atoms with Crippen LogP contribution in [0.2, 0.25) is 0 Å². The predicted molar refractivity (Wildman–Crippen MR) is 108 cm³/mol. The van der Waals surface area contributed by atoms with Gasteiger partial charge in [-0.1, -0.05) is 24.3 Å². The van der Waals surface area contributed by atoms with Gasteiger partial charge in [-0.2, -0.15) is 5.10 Å². The number of rotatable bonds is 9. The largest absolute Gasteiger partial charge is 0.493 e. The third-order valence-electron chi connectivity index (χ3n) is 4.22. The van der Waals surface area contributed by atoms with E-state index in [9.17, 15) is 4.79 Å². The van der Waals surface area contributed by atoms with Crippen molar-refractivity contribution in [1.29, 1.82) is 0 Å². The highest BCUT2D eigenvalue weighted by Gasteiger charge is 2.14. The van der Waals surface area contributed by atoms with E-state index in [1.54, 1.807) is 50.4 Å². The fourth-order valence-corrected chi connectivity index (χ4v) is 2.86. The van der Waals surface area contributed by atoms with Gasteiger partial charge in [-0.3, -0.25) is 4.79 Å².